The van der Waals surface area contributed by atoms with E-state index in [4.69, 9.17) is 4.74 Å². The zero-order valence-corrected chi connectivity index (χ0v) is 9.64. The van der Waals surface area contributed by atoms with E-state index in [0.717, 1.165) is 11.6 Å². The molecule has 2 nitrogen and oxygen atoms in total. The van der Waals surface area contributed by atoms with Crippen molar-refractivity contribution in [3.05, 3.63) is 34.9 Å². The predicted octanol–water partition coefficient (Wildman–Crippen LogP) is 3.06. The molecule has 0 saturated heterocycles. The van der Waals surface area contributed by atoms with Crippen LogP contribution in [0.1, 0.15) is 35.8 Å². The highest BCUT2D eigenvalue weighted by atomic mass is 19.4. The van der Waals surface area contributed by atoms with E-state index in [-0.39, 0.29) is 12.1 Å². The van der Waals surface area contributed by atoms with Gasteiger partial charge >= 0.3 is 6.18 Å². The average Bonchev–Trinajstić information content (AvgIpc) is 2.28. The van der Waals surface area contributed by atoms with E-state index in [0.29, 0.717) is 12.2 Å². The second-order valence-corrected chi connectivity index (χ2v) is 4.16. The van der Waals surface area contributed by atoms with Gasteiger partial charge in [-0.3, -0.25) is 0 Å². The van der Waals surface area contributed by atoms with Crippen LogP contribution in [0.2, 0.25) is 0 Å². The summed E-state index contributed by atoms with van der Waals surface area (Å²) in [6.07, 6.45) is -4.60. The zero-order valence-electron chi connectivity index (χ0n) is 9.64. The molecule has 94 valence electrons. The fourth-order valence-corrected chi connectivity index (χ4v) is 2.08. The van der Waals surface area contributed by atoms with E-state index in [9.17, 15) is 13.2 Å². The Bertz CT molecular complexity index is 417. The minimum Gasteiger partial charge on any atom is -0.372 e. The maximum Gasteiger partial charge on any atom is 0.416 e. The van der Waals surface area contributed by atoms with Gasteiger partial charge in [-0.05, 0) is 37.2 Å². The number of nitrogens with one attached hydrogen (secondary N) is 1. The summed E-state index contributed by atoms with van der Waals surface area (Å²) in [5.74, 6) is 0. The number of benzene rings is 1. The summed E-state index contributed by atoms with van der Waals surface area (Å²) in [5.41, 5.74) is 0.883. The van der Waals surface area contributed by atoms with Crippen LogP contribution in [-0.4, -0.2) is 13.7 Å². The van der Waals surface area contributed by atoms with E-state index in [1.807, 2.05) is 0 Å². The molecule has 5 heteroatoms. The molecule has 2 atom stereocenters. The maximum absolute atomic E-state index is 12.6. The minimum atomic E-state index is -4.30. The van der Waals surface area contributed by atoms with Crippen molar-refractivity contribution in [3.63, 3.8) is 0 Å². The molecule has 0 bridgehead atoms. The molecule has 1 aliphatic rings. The van der Waals surface area contributed by atoms with Crippen LogP contribution < -0.4 is 5.32 Å². The number of likely N-dealkylation sites (N-methyl/N-ethyl adjacent to an activating group) is 1. The molecule has 0 aliphatic carbocycles. The van der Waals surface area contributed by atoms with Crippen molar-refractivity contribution in [2.24, 2.45) is 0 Å². The van der Waals surface area contributed by atoms with Gasteiger partial charge in [0.2, 0.25) is 0 Å². The minimum absolute atomic E-state index is 0.0384. The Balaban J connectivity index is 2.46. The van der Waals surface area contributed by atoms with Gasteiger partial charge < -0.3 is 10.1 Å². The van der Waals surface area contributed by atoms with E-state index < -0.39 is 11.7 Å². The Morgan fingerprint density at radius 3 is 2.59 bits per heavy atom. The lowest BCUT2D eigenvalue weighted by atomic mass is 9.93. The monoisotopic (exact) mass is 245 g/mol. The Morgan fingerprint density at radius 1 is 1.29 bits per heavy atom. The SMILES string of the molecule is CN[C@@H]1COC(C)c2cc(C(F)(F)F)ccc21. The predicted molar refractivity (Wildman–Crippen MR) is 57.6 cm³/mol. The fraction of sp³-hybridized carbons (Fsp3) is 0.500. The van der Waals surface area contributed by atoms with E-state index in [2.05, 4.69) is 5.32 Å². The Morgan fingerprint density at radius 2 is 2.00 bits per heavy atom. The molecule has 0 aromatic heterocycles. The zero-order chi connectivity index (χ0) is 12.6. The molecule has 0 spiro atoms. The van der Waals surface area contributed by atoms with Gasteiger partial charge in [-0.25, -0.2) is 0 Å². The van der Waals surface area contributed by atoms with E-state index >= 15 is 0 Å². The van der Waals surface area contributed by atoms with Crippen molar-refractivity contribution in [1.29, 1.82) is 0 Å². The van der Waals surface area contributed by atoms with Crippen LogP contribution in [0.4, 0.5) is 13.2 Å². The molecular weight excluding hydrogens is 231 g/mol. The number of fused-ring (bicyclic) bond motifs is 1. The number of halogens is 3. The molecular formula is C12H14F3NO. The van der Waals surface area contributed by atoms with Crippen LogP contribution in [0.15, 0.2) is 18.2 Å². The Kier molecular flexibility index (Phi) is 3.14. The van der Waals surface area contributed by atoms with Gasteiger partial charge in [-0.2, -0.15) is 13.2 Å². The number of hydrogen-bond donors (Lipinski definition) is 1. The van der Waals surface area contributed by atoms with E-state index in [1.165, 1.54) is 6.07 Å². The molecule has 0 fully saturated rings. The fourth-order valence-electron chi connectivity index (χ4n) is 2.08. The second-order valence-electron chi connectivity index (χ2n) is 4.16. The normalized spacial score (nSPS) is 24.5. The lowest BCUT2D eigenvalue weighted by molar-refractivity contribution is -0.137. The largest absolute Gasteiger partial charge is 0.416 e. The number of alkyl halides is 3. The van der Waals surface area contributed by atoms with Gasteiger partial charge in [-0.1, -0.05) is 6.07 Å². The van der Waals surface area contributed by atoms with Gasteiger partial charge in [0.15, 0.2) is 0 Å². The van der Waals surface area contributed by atoms with Crippen LogP contribution >= 0.6 is 0 Å². The van der Waals surface area contributed by atoms with Crippen molar-refractivity contribution < 1.29 is 17.9 Å². The van der Waals surface area contributed by atoms with Crippen LogP contribution in [0, 0.1) is 0 Å². The average molecular weight is 245 g/mol. The Labute approximate surface area is 97.8 Å². The smallest absolute Gasteiger partial charge is 0.372 e. The number of ether oxygens (including phenoxy) is 1. The molecule has 17 heavy (non-hydrogen) atoms. The second kappa shape index (κ2) is 4.31. The molecule has 0 amide bonds. The van der Waals surface area contributed by atoms with Gasteiger partial charge in [0, 0.05) is 0 Å². The lowest BCUT2D eigenvalue weighted by Gasteiger charge is -2.30. The van der Waals surface area contributed by atoms with Gasteiger partial charge in [0.25, 0.3) is 0 Å². The molecule has 0 saturated carbocycles. The molecule has 1 heterocycles. The first kappa shape index (κ1) is 12.4. The van der Waals surface area contributed by atoms with Crippen LogP contribution in [0.5, 0.6) is 0 Å². The summed E-state index contributed by atoms with van der Waals surface area (Å²) in [6, 6.07) is 3.81. The van der Waals surface area contributed by atoms with Crippen LogP contribution in [0.3, 0.4) is 0 Å². The molecule has 1 aliphatic heterocycles. The summed E-state index contributed by atoms with van der Waals surface area (Å²) in [4.78, 5) is 0. The molecule has 1 N–H and O–H groups in total. The van der Waals surface area contributed by atoms with Crippen molar-refractivity contribution in [2.75, 3.05) is 13.7 Å². The molecule has 1 aromatic carbocycles. The lowest BCUT2D eigenvalue weighted by Crippen LogP contribution is -2.28. The maximum atomic E-state index is 12.6. The van der Waals surface area contributed by atoms with Crippen molar-refractivity contribution in [1.82, 2.24) is 5.32 Å². The van der Waals surface area contributed by atoms with Gasteiger partial charge in [-0.15, -0.1) is 0 Å². The van der Waals surface area contributed by atoms with Crippen LogP contribution in [0.25, 0.3) is 0 Å². The summed E-state index contributed by atoms with van der Waals surface area (Å²) in [5, 5.41) is 3.03. The van der Waals surface area contributed by atoms with Crippen molar-refractivity contribution in [3.8, 4) is 0 Å². The molecule has 2 rings (SSSR count). The molecule has 0 radical (unpaired) electrons. The van der Waals surface area contributed by atoms with Gasteiger partial charge in [0.05, 0.1) is 24.3 Å². The third kappa shape index (κ3) is 2.30. The summed E-state index contributed by atoms with van der Waals surface area (Å²) in [6.45, 7) is 2.25. The van der Waals surface area contributed by atoms with Crippen molar-refractivity contribution >= 4 is 0 Å². The van der Waals surface area contributed by atoms with Gasteiger partial charge in [0.1, 0.15) is 0 Å². The topological polar surface area (TPSA) is 21.3 Å². The summed E-state index contributed by atoms with van der Waals surface area (Å²) in [7, 11) is 1.77. The first-order valence-electron chi connectivity index (χ1n) is 5.43. The third-order valence-electron chi connectivity index (χ3n) is 3.09. The van der Waals surface area contributed by atoms with E-state index in [1.54, 1.807) is 20.0 Å². The first-order chi connectivity index (χ1) is 7.93. The van der Waals surface area contributed by atoms with Crippen LogP contribution in [-0.2, 0) is 10.9 Å². The Hall–Kier alpha value is -1.07. The highest BCUT2D eigenvalue weighted by Gasteiger charge is 2.33. The molecule has 1 unspecified atom stereocenters. The standard InChI is InChI=1S/C12H14F3NO/c1-7-10-5-8(12(13,14)15)3-4-9(10)11(16-2)6-17-7/h3-5,7,11,16H,6H2,1-2H3/t7?,11-/m1/s1. The highest BCUT2D eigenvalue weighted by molar-refractivity contribution is 5.38. The summed E-state index contributed by atoms with van der Waals surface area (Å²) >= 11 is 0. The number of hydrogen-bond acceptors (Lipinski definition) is 2. The quantitative estimate of drug-likeness (QED) is 0.821. The number of rotatable bonds is 1. The van der Waals surface area contributed by atoms with Crippen molar-refractivity contribution in [2.45, 2.75) is 25.2 Å². The first-order valence-corrected chi connectivity index (χ1v) is 5.43. The third-order valence-corrected chi connectivity index (χ3v) is 3.09. The summed E-state index contributed by atoms with van der Waals surface area (Å²) < 4.78 is 43.3. The molecule has 1 aromatic rings. The highest BCUT2D eigenvalue weighted by Crippen LogP contribution is 2.37.